The van der Waals surface area contributed by atoms with Gasteiger partial charge in [0.1, 0.15) is 0 Å². The number of thioether (sulfide) groups is 1. The summed E-state index contributed by atoms with van der Waals surface area (Å²) in [6.45, 7) is 5.90. The van der Waals surface area contributed by atoms with Gasteiger partial charge in [0.25, 0.3) is 0 Å². The molecule has 0 bridgehead atoms. The van der Waals surface area contributed by atoms with Gasteiger partial charge >= 0.3 is 0 Å². The van der Waals surface area contributed by atoms with Gasteiger partial charge in [0.15, 0.2) is 0 Å². The maximum atomic E-state index is 12.1. The molecule has 4 heteroatoms. The van der Waals surface area contributed by atoms with Crippen molar-refractivity contribution in [2.75, 3.05) is 25.4 Å². The van der Waals surface area contributed by atoms with Crippen LogP contribution in [-0.4, -0.2) is 36.2 Å². The average Bonchev–Trinajstić information content (AvgIpc) is 2.52. The van der Waals surface area contributed by atoms with Gasteiger partial charge in [-0.2, -0.15) is 0 Å². The van der Waals surface area contributed by atoms with Crippen molar-refractivity contribution in [1.29, 1.82) is 0 Å². The molecular weight excluding hydrogens is 268 g/mol. The lowest BCUT2D eigenvalue weighted by atomic mass is 10.1. The highest BCUT2D eigenvalue weighted by molar-refractivity contribution is 8.00. The summed E-state index contributed by atoms with van der Waals surface area (Å²) in [5, 5.41) is 3.31. The summed E-state index contributed by atoms with van der Waals surface area (Å²) in [6, 6.07) is 8.49. The number of benzene rings is 1. The SMILES string of the molecule is CCNCc1ccc(SCC(=O)N2CCCCC2)cc1. The molecule has 1 fully saturated rings. The topological polar surface area (TPSA) is 32.3 Å². The van der Waals surface area contributed by atoms with Crippen molar-refractivity contribution in [3.8, 4) is 0 Å². The lowest BCUT2D eigenvalue weighted by Gasteiger charge is -2.26. The minimum atomic E-state index is 0.284. The van der Waals surface area contributed by atoms with Gasteiger partial charge in [0, 0.05) is 24.5 Å². The number of likely N-dealkylation sites (tertiary alicyclic amines) is 1. The molecule has 3 nitrogen and oxygen atoms in total. The molecule has 1 N–H and O–H groups in total. The summed E-state index contributed by atoms with van der Waals surface area (Å²) >= 11 is 1.64. The molecule has 110 valence electrons. The third kappa shape index (κ3) is 4.84. The van der Waals surface area contributed by atoms with Crippen LogP contribution >= 0.6 is 11.8 Å². The van der Waals surface area contributed by atoms with Crippen molar-refractivity contribution in [3.05, 3.63) is 29.8 Å². The zero-order chi connectivity index (χ0) is 14.2. The molecule has 0 saturated carbocycles. The Bertz CT molecular complexity index is 413. The molecule has 0 aromatic heterocycles. The fourth-order valence-corrected chi connectivity index (χ4v) is 3.15. The number of hydrogen-bond donors (Lipinski definition) is 1. The van der Waals surface area contributed by atoms with E-state index in [9.17, 15) is 4.79 Å². The highest BCUT2D eigenvalue weighted by Gasteiger charge is 2.16. The van der Waals surface area contributed by atoms with E-state index in [1.807, 2.05) is 4.90 Å². The van der Waals surface area contributed by atoms with Crippen molar-refractivity contribution in [2.24, 2.45) is 0 Å². The Morgan fingerprint density at radius 3 is 2.55 bits per heavy atom. The van der Waals surface area contributed by atoms with Crippen molar-refractivity contribution in [2.45, 2.75) is 37.6 Å². The third-order valence-corrected chi connectivity index (χ3v) is 4.57. The van der Waals surface area contributed by atoms with E-state index in [0.717, 1.165) is 39.0 Å². The van der Waals surface area contributed by atoms with E-state index in [4.69, 9.17) is 0 Å². The van der Waals surface area contributed by atoms with Gasteiger partial charge in [-0.3, -0.25) is 4.79 Å². The summed E-state index contributed by atoms with van der Waals surface area (Å²) in [4.78, 5) is 15.3. The van der Waals surface area contributed by atoms with Crippen LogP contribution in [0.2, 0.25) is 0 Å². The smallest absolute Gasteiger partial charge is 0.232 e. The number of hydrogen-bond acceptors (Lipinski definition) is 3. The molecule has 1 aromatic rings. The molecule has 1 aromatic carbocycles. The van der Waals surface area contributed by atoms with E-state index >= 15 is 0 Å². The van der Waals surface area contributed by atoms with E-state index in [-0.39, 0.29) is 5.91 Å². The zero-order valence-corrected chi connectivity index (χ0v) is 13.0. The third-order valence-electron chi connectivity index (χ3n) is 3.57. The van der Waals surface area contributed by atoms with Gasteiger partial charge in [-0.05, 0) is 43.5 Å². The Morgan fingerprint density at radius 2 is 1.90 bits per heavy atom. The van der Waals surface area contributed by atoms with Gasteiger partial charge in [0.2, 0.25) is 5.91 Å². The lowest BCUT2D eigenvalue weighted by Crippen LogP contribution is -2.36. The normalized spacial score (nSPS) is 15.3. The van der Waals surface area contributed by atoms with E-state index < -0.39 is 0 Å². The maximum absolute atomic E-state index is 12.1. The van der Waals surface area contributed by atoms with Crippen LogP contribution in [0.4, 0.5) is 0 Å². The first-order chi connectivity index (χ1) is 9.79. The van der Waals surface area contributed by atoms with E-state index in [1.54, 1.807) is 11.8 Å². The minimum Gasteiger partial charge on any atom is -0.342 e. The molecule has 2 rings (SSSR count). The van der Waals surface area contributed by atoms with E-state index in [2.05, 4.69) is 36.5 Å². The zero-order valence-electron chi connectivity index (χ0n) is 12.2. The Balaban J connectivity index is 1.76. The van der Waals surface area contributed by atoms with Gasteiger partial charge < -0.3 is 10.2 Å². The molecule has 1 saturated heterocycles. The van der Waals surface area contributed by atoms with Crippen LogP contribution in [0, 0.1) is 0 Å². The van der Waals surface area contributed by atoms with Crippen LogP contribution in [0.25, 0.3) is 0 Å². The summed E-state index contributed by atoms with van der Waals surface area (Å²) in [5.74, 6) is 0.846. The minimum absolute atomic E-state index is 0.284. The van der Waals surface area contributed by atoms with Crippen LogP contribution in [0.3, 0.4) is 0 Å². The highest BCUT2D eigenvalue weighted by Crippen LogP contribution is 2.20. The lowest BCUT2D eigenvalue weighted by molar-refractivity contribution is -0.129. The largest absolute Gasteiger partial charge is 0.342 e. The molecule has 20 heavy (non-hydrogen) atoms. The number of nitrogens with one attached hydrogen (secondary N) is 1. The molecule has 1 aliphatic rings. The number of nitrogens with zero attached hydrogens (tertiary/aromatic N) is 1. The number of carbonyl (C=O) groups excluding carboxylic acids is 1. The molecule has 1 amide bonds. The highest BCUT2D eigenvalue weighted by atomic mass is 32.2. The molecule has 0 radical (unpaired) electrons. The quantitative estimate of drug-likeness (QED) is 0.818. The number of piperidine rings is 1. The molecule has 0 aliphatic carbocycles. The Kier molecular flexibility index (Phi) is 6.40. The second-order valence-corrected chi connectivity index (χ2v) is 6.20. The summed E-state index contributed by atoms with van der Waals surface area (Å²) in [6.07, 6.45) is 3.59. The van der Waals surface area contributed by atoms with Crippen molar-refractivity contribution < 1.29 is 4.79 Å². The second-order valence-electron chi connectivity index (χ2n) is 5.15. The first-order valence-corrected chi connectivity index (χ1v) is 8.48. The van der Waals surface area contributed by atoms with Crippen molar-refractivity contribution in [3.63, 3.8) is 0 Å². The summed E-state index contributed by atoms with van der Waals surface area (Å²) < 4.78 is 0. The van der Waals surface area contributed by atoms with E-state index in [0.29, 0.717) is 5.75 Å². The predicted octanol–water partition coefficient (Wildman–Crippen LogP) is 2.90. The Hall–Kier alpha value is -1.00. The van der Waals surface area contributed by atoms with E-state index in [1.165, 1.54) is 16.9 Å². The van der Waals surface area contributed by atoms with Gasteiger partial charge in [-0.15, -0.1) is 11.8 Å². The maximum Gasteiger partial charge on any atom is 0.232 e. The predicted molar refractivity (Wildman–Crippen MR) is 85.0 cm³/mol. The van der Waals surface area contributed by atoms with Gasteiger partial charge in [0.05, 0.1) is 5.75 Å². The van der Waals surface area contributed by atoms with Crippen LogP contribution in [-0.2, 0) is 11.3 Å². The fraction of sp³-hybridized carbons (Fsp3) is 0.562. The van der Waals surface area contributed by atoms with Crippen LogP contribution in [0.5, 0.6) is 0 Å². The second kappa shape index (κ2) is 8.32. The monoisotopic (exact) mass is 292 g/mol. The first kappa shape index (κ1) is 15.4. The standard InChI is InChI=1S/C16H24N2OS/c1-2-17-12-14-6-8-15(9-7-14)20-13-16(19)18-10-4-3-5-11-18/h6-9,17H,2-5,10-13H2,1H3. The number of amides is 1. The van der Waals surface area contributed by atoms with Crippen LogP contribution in [0.1, 0.15) is 31.7 Å². The van der Waals surface area contributed by atoms with Gasteiger partial charge in [-0.1, -0.05) is 19.1 Å². The molecule has 0 unspecified atom stereocenters. The molecule has 0 atom stereocenters. The fourth-order valence-electron chi connectivity index (χ4n) is 2.35. The van der Waals surface area contributed by atoms with Crippen molar-refractivity contribution in [1.82, 2.24) is 10.2 Å². The average molecular weight is 292 g/mol. The summed E-state index contributed by atoms with van der Waals surface area (Å²) in [7, 11) is 0. The Labute approximate surface area is 126 Å². The van der Waals surface area contributed by atoms with Crippen LogP contribution < -0.4 is 5.32 Å². The molecule has 0 spiro atoms. The number of carbonyl (C=O) groups is 1. The Morgan fingerprint density at radius 1 is 1.20 bits per heavy atom. The van der Waals surface area contributed by atoms with Crippen molar-refractivity contribution >= 4 is 17.7 Å². The van der Waals surface area contributed by atoms with Crippen LogP contribution in [0.15, 0.2) is 29.2 Å². The molecule has 1 aliphatic heterocycles. The van der Waals surface area contributed by atoms with Gasteiger partial charge in [-0.25, -0.2) is 0 Å². The number of rotatable bonds is 6. The molecular formula is C16H24N2OS. The first-order valence-electron chi connectivity index (χ1n) is 7.50. The molecule has 1 heterocycles. The summed E-state index contributed by atoms with van der Waals surface area (Å²) in [5.41, 5.74) is 1.29.